The standard InChI is InChI=1S/C24H21FN2O2S/c25-18-4-6-19(7-5-18)30-20-8-9-21-16(2-1-3-17(21)14-20)10-13-27-23-15-26-12-11-22(23)24(28)29/h4-16,27H,1-3H2,(H,28,29)/b13-10+. The van der Waals surface area contributed by atoms with Crippen LogP contribution in [-0.4, -0.2) is 16.1 Å². The third kappa shape index (κ3) is 4.71. The molecule has 1 unspecified atom stereocenters. The number of aromatic nitrogens is 1. The van der Waals surface area contributed by atoms with E-state index >= 15 is 0 Å². The number of halogens is 1. The number of rotatable bonds is 6. The van der Waals surface area contributed by atoms with Crippen LogP contribution in [0.4, 0.5) is 10.1 Å². The molecule has 1 aromatic heterocycles. The van der Waals surface area contributed by atoms with E-state index in [9.17, 15) is 14.3 Å². The Labute approximate surface area is 178 Å². The molecular weight excluding hydrogens is 399 g/mol. The van der Waals surface area contributed by atoms with Gasteiger partial charge in [0.15, 0.2) is 0 Å². The maximum absolute atomic E-state index is 13.1. The van der Waals surface area contributed by atoms with Gasteiger partial charge in [-0.3, -0.25) is 4.98 Å². The number of aromatic carboxylic acids is 1. The number of hydrogen-bond donors (Lipinski definition) is 2. The molecule has 3 aromatic rings. The van der Waals surface area contributed by atoms with Gasteiger partial charge in [-0.1, -0.05) is 23.9 Å². The van der Waals surface area contributed by atoms with Gasteiger partial charge in [-0.25, -0.2) is 9.18 Å². The number of anilines is 1. The number of carboxylic acids is 1. The van der Waals surface area contributed by atoms with Crippen LogP contribution in [0.2, 0.25) is 0 Å². The summed E-state index contributed by atoms with van der Waals surface area (Å²) in [6.45, 7) is 0. The average molecular weight is 421 g/mol. The smallest absolute Gasteiger partial charge is 0.337 e. The molecule has 6 heteroatoms. The van der Waals surface area contributed by atoms with Crippen molar-refractivity contribution in [3.8, 4) is 0 Å². The number of hydrogen-bond acceptors (Lipinski definition) is 4. The van der Waals surface area contributed by atoms with Gasteiger partial charge in [0, 0.05) is 21.9 Å². The van der Waals surface area contributed by atoms with Crippen molar-refractivity contribution in [2.75, 3.05) is 5.32 Å². The summed E-state index contributed by atoms with van der Waals surface area (Å²) in [5.74, 6) is -0.937. The van der Waals surface area contributed by atoms with Crippen molar-refractivity contribution in [3.05, 3.63) is 95.7 Å². The fourth-order valence-electron chi connectivity index (χ4n) is 3.68. The summed E-state index contributed by atoms with van der Waals surface area (Å²) >= 11 is 1.63. The fraction of sp³-hybridized carbons (Fsp3) is 0.167. The lowest BCUT2D eigenvalue weighted by Crippen LogP contribution is -2.09. The van der Waals surface area contributed by atoms with Crippen molar-refractivity contribution in [2.45, 2.75) is 35.0 Å². The largest absolute Gasteiger partial charge is 0.478 e. The molecule has 1 heterocycles. The summed E-state index contributed by atoms with van der Waals surface area (Å²) in [5, 5.41) is 12.3. The van der Waals surface area contributed by atoms with Gasteiger partial charge in [0.1, 0.15) is 5.82 Å². The Morgan fingerprint density at radius 1 is 1.17 bits per heavy atom. The Morgan fingerprint density at radius 3 is 2.77 bits per heavy atom. The van der Waals surface area contributed by atoms with E-state index in [1.165, 1.54) is 41.7 Å². The number of allylic oxidation sites excluding steroid dienone is 1. The number of nitrogens with one attached hydrogen (secondary N) is 1. The minimum absolute atomic E-state index is 0.196. The van der Waals surface area contributed by atoms with Crippen molar-refractivity contribution in [2.24, 2.45) is 0 Å². The first-order valence-corrected chi connectivity index (χ1v) is 10.6. The quantitative estimate of drug-likeness (QED) is 0.503. The second-order valence-electron chi connectivity index (χ2n) is 7.15. The van der Waals surface area contributed by atoms with Crippen LogP contribution in [0, 0.1) is 5.82 Å². The van der Waals surface area contributed by atoms with Gasteiger partial charge < -0.3 is 10.4 Å². The van der Waals surface area contributed by atoms with Crippen LogP contribution in [0.15, 0.2) is 83.0 Å². The molecule has 0 saturated carbocycles. The highest BCUT2D eigenvalue weighted by Crippen LogP contribution is 2.36. The van der Waals surface area contributed by atoms with Crippen LogP contribution in [0.1, 0.15) is 40.2 Å². The maximum Gasteiger partial charge on any atom is 0.337 e. The lowest BCUT2D eigenvalue weighted by molar-refractivity contribution is 0.0698. The topological polar surface area (TPSA) is 62.2 Å². The van der Waals surface area contributed by atoms with Crippen LogP contribution in [-0.2, 0) is 6.42 Å². The number of pyridine rings is 1. The van der Waals surface area contributed by atoms with Crippen molar-refractivity contribution in [1.82, 2.24) is 4.98 Å². The number of carbonyl (C=O) groups is 1. The molecular formula is C24H21FN2O2S. The third-order valence-corrected chi connectivity index (χ3v) is 6.14. The van der Waals surface area contributed by atoms with E-state index in [1.54, 1.807) is 23.9 Å². The highest BCUT2D eigenvalue weighted by atomic mass is 32.2. The lowest BCUT2D eigenvalue weighted by atomic mass is 9.83. The SMILES string of the molecule is O=C(O)c1ccncc1N/C=C/C1CCCc2cc(Sc3ccc(F)cc3)ccc21. The minimum Gasteiger partial charge on any atom is -0.478 e. The van der Waals surface area contributed by atoms with Gasteiger partial charge in [0.25, 0.3) is 0 Å². The molecule has 0 fully saturated rings. The normalized spacial score (nSPS) is 15.7. The van der Waals surface area contributed by atoms with Gasteiger partial charge in [0.05, 0.1) is 17.4 Å². The molecule has 0 saturated heterocycles. The predicted molar refractivity (Wildman–Crippen MR) is 117 cm³/mol. The summed E-state index contributed by atoms with van der Waals surface area (Å²) in [6.07, 6.45) is 10.1. The van der Waals surface area contributed by atoms with Gasteiger partial charge in [0.2, 0.25) is 0 Å². The summed E-state index contributed by atoms with van der Waals surface area (Å²) < 4.78 is 13.1. The molecule has 2 N–H and O–H groups in total. The van der Waals surface area contributed by atoms with Crippen LogP contribution in [0.5, 0.6) is 0 Å². The Morgan fingerprint density at radius 2 is 1.97 bits per heavy atom. The Hall–Kier alpha value is -3.12. The number of nitrogens with zero attached hydrogens (tertiary/aromatic N) is 1. The molecule has 0 bridgehead atoms. The molecule has 30 heavy (non-hydrogen) atoms. The summed E-state index contributed by atoms with van der Waals surface area (Å²) in [5.41, 5.74) is 3.30. The zero-order valence-electron chi connectivity index (χ0n) is 16.2. The van der Waals surface area contributed by atoms with E-state index in [4.69, 9.17) is 0 Å². The zero-order valence-corrected chi connectivity index (χ0v) is 17.0. The second-order valence-corrected chi connectivity index (χ2v) is 8.29. The van der Waals surface area contributed by atoms with E-state index in [2.05, 4.69) is 34.6 Å². The number of aryl methyl sites for hydroxylation is 1. The molecule has 0 spiro atoms. The lowest BCUT2D eigenvalue weighted by Gasteiger charge is -2.23. The predicted octanol–water partition coefficient (Wildman–Crippen LogP) is 6.12. The second kappa shape index (κ2) is 9.13. The van der Waals surface area contributed by atoms with E-state index in [1.807, 2.05) is 6.20 Å². The fourth-order valence-corrected chi connectivity index (χ4v) is 4.56. The molecule has 0 amide bonds. The molecule has 2 aromatic carbocycles. The highest BCUT2D eigenvalue weighted by molar-refractivity contribution is 7.99. The Balaban J connectivity index is 1.48. The molecule has 0 aliphatic heterocycles. The molecule has 1 aliphatic rings. The van der Waals surface area contributed by atoms with E-state index < -0.39 is 5.97 Å². The van der Waals surface area contributed by atoms with Crippen molar-refractivity contribution < 1.29 is 14.3 Å². The van der Waals surface area contributed by atoms with Gasteiger partial charge in [-0.2, -0.15) is 0 Å². The van der Waals surface area contributed by atoms with Crippen LogP contribution >= 0.6 is 11.8 Å². The molecule has 152 valence electrons. The molecule has 4 nitrogen and oxygen atoms in total. The highest BCUT2D eigenvalue weighted by Gasteiger charge is 2.18. The van der Waals surface area contributed by atoms with Gasteiger partial charge >= 0.3 is 5.97 Å². The van der Waals surface area contributed by atoms with Crippen LogP contribution < -0.4 is 5.32 Å². The van der Waals surface area contributed by atoms with Gasteiger partial charge in [-0.05, 0) is 79.1 Å². The first kappa shape index (κ1) is 20.2. The molecule has 0 radical (unpaired) electrons. The van der Waals surface area contributed by atoms with Crippen molar-refractivity contribution >= 4 is 23.4 Å². The van der Waals surface area contributed by atoms with Gasteiger partial charge in [-0.15, -0.1) is 0 Å². The molecule has 1 atom stereocenters. The minimum atomic E-state index is -0.984. The Kier molecular flexibility index (Phi) is 6.14. The Bertz CT molecular complexity index is 1080. The first-order chi connectivity index (χ1) is 14.6. The van der Waals surface area contributed by atoms with Crippen LogP contribution in [0.3, 0.4) is 0 Å². The number of fused-ring (bicyclic) bond motifs is 1. The van der Waals surface area contributed by atoms with Crippen molar-refractivity contribution in [1.29, 1.82) is 0 Å². The van der Waals surface area contributed by atoms with E-state index in [-0.39, 0.29) is 17.3 Å². The number of carboxylic acid groups (broad SMARTS) is 1. The average Bonchev–Trinajstić information content (AvgIpc) is 2.75. The maximum atomic E-state index is 13.1. The third-order valence-electron chi connectivity index (χ3n) is 5.14. The molecule has 4 rings (SSSR count). The summed E-state index contributed by atoms with van der Waals surface area (Å²) in [7, 11) is 0. The zero-order chi connectivity index (χ0) is 20.9. The summed E-state index contributed by atoms with van der Waals surface area (Å²) in [6, 6.07) is 14.5. The first-order valence-electron chi connectivity index (χ1n) is 9.77. The van der Waals surface area contributed by atoms with Crippen molar-refractivity contribution in [3.63, 3.8) is 0 Å². The van der Waals surface area contributed by atoms with Crippen LogP contribution in [0.25, 0.3) is 0 Å². The summed E-state index contributed by atoms with van der Waals surface area (Å²) in [4.78, 5) is 17.5. The monoisotopic (exact) mass is 420 g/mol. The van der Waals surface area contributed by atoms with E-state index in [0.29, 0.717) is 5.69 Å². The molecule has 1 aliphatic carbocycles. The van der Waals surface area contributed by atoms with E-state index in [0.717, 1.165) is 29.1 Å². The number of benzene rings is 2.